The first kappa shape index (κ1) is 18.0. The van der Waals surface area contributed by atoms with Gasteiger partial charge in [-0.2, -0.15) is 0 Å². The van der Waals surface area contributed by atoms with Crippen molar-refractivity contribution in [3.63, 3.8) is 0 Å². The van der Waals surface area contributed by atoms with Crippen LogP contribution < -0.4 is 5.32 Å². The summed E-state index contributed by atoms with van der Waals surface area (Å²) in [5, 5.41) is 12.2. The summed E-state index contributed by atoms with van der Waals surface area (Å²) in [6.45, 7) is 0. The number of phenols is 1. The highest BCUT2D eigenvalue weighted by molar-refractivity contribution is 7.91. The number of anilines is 1. The van der Waals surface area contributed by atoms with Gasteiger partial charge in [-0.25, -0.2) is 8.42 Å². The number of hydrogen-bond acceptors (Lipinski definition) is 4. The van der Waals surface area contributed by atoms with Crippen LogP contribution in [0.2, 0.25) is 0 Å². The fourth-order valence-corrected chi connectivity index (χ4v) is 3.68. The van der Waals surface area contributed by atoms with Gasteiger partial charge in [-0.05, 0) is 37.1 Å². The Morgan fingerprint density at radius 2 is 1.58 bits per heavy atom. The summed E-state index contributed by atoms with van der Waals surface area (Å²) in [4.78, 5) is 12.1. The van der Waals surface area contributed by atoms with E-state index in [0.717, 1.165) is 0 Å². The molecule has 0 spiro atoms. The molecule has 0 saturated heterocycles. The van der Waals surface area contributed by atoms with Crippen molar-refractivity contribution < 1.29 is 18.3 Å². The molecule has 0 saturated carbocycles. The second kappa shape index (κ2) is 8.49. The number of rotatable bonds is 8. The van der Waals surface area contributed by atoms with Crippen molar-refractivity contribution in [1.29, 1.82) is 0 Å². The molecule has 24 heavy (non-hydrogen) atoms. The predicted molar refractivity (Wildman–Crippen MR) is 93.7 cm³/mol. The van der Waals surface area contributed by atoms with Crippen LogP contribution in [0.15, 0.2) is 59.5 Å². The Hall–Kier alpha value is -2.34. The molecule has 6 heteroatoms. The van der Waals surface area contributed by atoms with E-state index in [1.807, 2.05) is 0 Å². The molecule has 0 atom stereocenters. The fraction of sp³-hybridized carbons (Fsp3) is 0.278. The molecule has 0 fully saturated rings. The Bertz CT molecular complexity index is 773. The minimum atomic E-state index is -3.25. The van der Waals surface area contributed by atoms with Crippen LogP contribution >= 0.6 is 0 Å². The molecule has 0 heterocycles. The van der Waals surface area contributed by atoms with E-state index < -0.39 is 9.84 Å². The number of nitrogens with one attached hydrogen (secondary N) is 1. The summed E-state index contributed by atoms with van der Waals surface area (Å²) in [6, 6.07) is 14.9. The van der Waals surface area contributed by atoms with E-state index in [-0.39, 0.29) is 17.4 Å². The first-order valence-corrected chi connectivity index (χ1v) is 9.50. The van der Waals surface area contributed by atoms with E-state index in [0.29, 0.717) is 36.3 Å². The highest BCUT2D eigenvalue weighted by atomic mass is 32.2. The lowest BCUT2D eigenvalue weighted by molar-refractivity contribution is -0.116. The van der Waals surface area contributed by atoms with Crippen LogP contribution in [0.4, 0.5) is 5.69 Å². The van der Waals surface area contributed by atoms with Crippen molar-refractivity contribution >= 4 is 21.4 Å². The second-order valence-electron chi connectivity index (χ2n) is 5.51. The maximum Gasteiger partial charge on any atom is 0.224 e. The van der Waals surface area contributed by atoms with Gasteiger partial charge in [0, 0.05) is 6.42 Å². The van der Waals surface area contributed by atoms with Gasteiger partial charge in [0.2, 0.25) is 5.91 Å². The summed E-state index contributed by atoms with van der Waals surface area (Å²) < 4.78 is 24.2. The first-order valence-electron chi connectivity index (χ1n) is 7.85. The molecular formula is C18H21NO4S. The topological polar surface area (TPSA) is 83.5 Å². The largest absolute Gasteiger partial charge is 0.506 e. The molecule has 1 amide bonds. The van der Waals surface area contributed by atoms with Crippen LogP contribution in [0.1, 0.15) is 25.7 Å². The van der Waals surface area contributed by atoms with Gasteiger partial charge < -0.3 is 10.4 Å². The number of carbonyl (C=O) groups is 1. The Kier molecular flexibility index (Phi) is 6.37. The quantitative estimate of drug-likeness (QED) is 0.566. The van der Waals surface area contributed by atoms with Crippen LogP contribution in [-0.2, 0) is 14.6 Å². The SMILES string of the molecule is O=C(CCCCCS(=O)(=O)c1ccccc1)Nc1ccccc1O. The molecule has 2 aromatic carbocycles. The molecule has 0 aromatic heterocycles. The normalized spacial score (nSPS) is 11.2. The summed E-state index contributed by atoms with van der Waals surface area (Å²) in [6.07, 6.45) is 2.06. The van der Waals surface area contributed by atoms with E-state index in [4.69, 9.17) is 0 Å². The van der Waals surface area contributed by atoms with E-state index in [1.54, 1.807) is 48.5 Å². The molecule has 0 aliphatic carbocycles. The van der Waals surface area contributed by atoms with Crippen molar-refractivity contribution in [1.82, 2.24) is 0 Å². The average Bonchev–Trinajstić information content (AvgIpc) is 2.57. The second-order valence-corrected chi connectivity index (χ2v) is 7.62. The molecule has 5 nitrogen and oxygen atoms in total. The third-order valence-corrected chi connectivity index (χ3v) is 5.41. The number of aromatic hydroxyl groups is 1. The molecule has 2 rings (SSSR count). The van der Waals surface area contributed by atoms with Gasteiger partial charge >= 0.3 is 0 Å². The van der Waals surface area contributed by atoms with Crippen LogP contribution in [0.25, 0.3) is 0 Å². The summed E-state index contributed by atoms with van der Waals surface area (Å²) in [7, 11) is -3.25. The lowest BCUT2D eigenvalue weighted by Crippen LogP contribution is -2.11. The standard InChI is InChI=1S/C18H21NO4S/c20-17-12-7-6-11-16(17)19-18(21)13-5-2-8-14-24(22,23)15-9-3-1-4-10-15/h1,3-4,6-7,9-12,20H,2,5,8,13-14H2,(H,19,21). The van der Waals surface area contributed by atoms with Gasteiger partial charge in [0.05, 0.1) is 16.3 Å². The molecular weight excluding hydrogens is 326 g/mol. The third kappa shape index (κ3) is 5.38. The Balaban J connectivity index is 1.70. The van der Waals surface area contributed by atoms with Gasteiger partial charge in [0.25, 0.3) is 0 Å². The van der Waals surface area contributed by atoms with E-state index in [1.165, 1.54) is 6.07 Å². The molecule has 0 unspecified atom stereocenters. The maximum atomic E-state index is 12.1. The Labute approximate surface area is 142 Å². The zero-order valence-electron chi connectivity index (χ0n) is 13.3. The fourth-order valence-electron chi connectivity index (χ4n) is 2.29. The molecule has 0 radical (unpaired) electrons. The molecule has 2 N–H and O–H groups in total. The number of benzene rings is 2. The van der Waals surface area contributed by atoms with E-state index >= 15 is 0 Å². The lowest BCUT2D eigenvalue weighted by Gasteiger charge is -2.07. The molecule has 128 valence electrons. The van der Waals surface area contributed by atoms with Crippen LogP contribution in [0, 0.1) is 0 Å². The zero-order valence-corrected chi connectivity index (χ0v) is 14.1. The maximum absolute atomic E-state index is 12.1. The average molecular weight is 347 g/mol. The molecule has 0 aliphatic heterocycles. The highest BCUT2D eigenvalue weighted by Crippen LogP contribution is 2.21. The highest BCUT2D eigenvalue weighted by Gasteiger charge is 2.13. The number of amides is 1. The number of para-hydroxylation sites is 2. The van der Waals surface area contributed by atoms with Crippen LogP contribution in [-0.4, -0.2) is 25.2 Å². The molecule has 2 aromatic rings. The number of hydrogen-bond donors (Lipinski definition) is 2. The van der Waals surface area contributed by atoms with Crippen molar-refractivity contribution in [3.05, 3.63) is 54.6 Å². The first-order chi connectivity index (χ1) is 11.5. The van der Waals surface area contributed by atoms with Crippen molar-refractivity contribution in [2.24, 2.45) is 0 Å². The Morgan fingerprint density at radius 1 is 0.917 bits per heavy atom. The number of unbranched alkanes of at least 4 members (excludes halogenated alkanes) is 2. The third-order valence-electron chi connectivity index (χ3n) is 3.60. The van der Waals surface area contributed by atoms with E-state index in [2.05, 4.69) is 5.32 Å². The molecule has 0 bridgehead atoms. The minimum Gasteiger partial charge on any atom is -0.506 e. The number of sulfone groups is 1. The summed E-state index contributed by atoms with van der Waals surface area (Å²) in [5.74, 6) is -0.0832. The predicted octanol–water partition coefficient (Wildman–Crippen LogP) is 3.37. The van der Waals surface area contributed by atoms with Crippen molar-refractivity contribution in [2.45, 2.75) is 30.6 Å². The lowest BCUT2D eigenvalue weighted by atomic mass is 10.2. The van der Waals surface area contributed by atoms with Crippen molar-refractivity contribution in [3.8, 4) is 5.75 Å². The van der Waals surface area contributed by atoms with E-state index in [9.17, 15) is 18.3 Å². The monoisotopic (exact) mass is 347 g/mol. The van der Waals surface area contributed by atoms with Crippen molar-refractivity contribution in [2.75, 3.05) is 11.1 Å². The van der Waals surface area contributed by atoms with Gasteiger partial charge in [-0.15, -0.1) is 0 Å². The van der Waals surface area contributed by atoms with Crippen LogP contribution in [0.5, 0.6) is 5.75 Å². The van der Waals surface area contributed by atoms with Gasteiger partial charge in [-0.3, -0.25) is 4.79 Å². The smallest absolute Gasteiger partial charge is 0.224 e. The number of carbonyl (C=O) groups excluding carboxylic acids is 1. The number of phenolic OH excluding ortho intramolecular Hbond substituents is 1. The van der Waals surface area contributed by atoms with Gasteiger partial charge in [-0.1, -0.05) is 36.8 Å². The summed E-state index contributed by atoms with van der Waals surface area (Å²) >= 11 is 0. The van der Waals surface area contributed by atoms with Crippen LogP contribution in [0.3, 0.4) is 0 Å². The van der Waals surface area contributed by atoms with Gasteiger partial charge in [0.15, 0.2) is 9.84 Å². The van der Waals surface area contributed by atoms with Gasteiger partial charge in [0.1, 0.15) is 5.75 Å². The minimum absolute atomic E-state index is 0.0276. The Morgan fingerprint density at radius 3 is 2.29 bits per heavy atom. The molecule has 0 aliphatic rings. The zero-order chi connectivity index (χ0) is 17.4. The summed E-state index contributed by atoms with van der Waals surface area (Å²) in [5.41, 5.74) is 0.383.